The number of halogens is 1. The van der Waals surface area contributed by atoms with Crippen molar-refractivity contribution in [1.82, 2.24) is 9.78 Å². The third kappa shape index (κ3) is 2.89. The van der Waals surface area contributed by atoms with Crippen molar-refractivity contribution in [3.05, 3.63) is 15.8 Å². The Hall–Kier alpha value is -1.15. The summed E-state index contributed by atoms with van der Waals surface area (Å²) in [4.78, 5) is 9.58. The second kappa shape index (κ2) is 5.09. The van der Waals surface area contributed by atoms with Gasteiger partial charge in [0, 0.05) is 10.7 Å². The normalized spacial score (nSPS) is 16.9. The average Bonchev–Trinajstić information content (AvgIpc) is 2.87. The zero-order valence-corrected chi connectivity index (χ0v) is 11.9. The molecule has 0 aliphatic heterocycles. The van der Waals surface area contributed by atoms with Gasteiger partial charge in [-0.3, -0.25) is 0 Å². The fourth-order valence-corrected chi connectivity index (χ4v) is 3.87. The van der Waals surface area contributed by atoms with Crippen molar-refractivity contribution >= 4 is 25.6 Å². The molecule has 0 saturated heterocycles. The number of hydrogen-bond acceptors (Lipinski definition) is 5. The highest BCUT2D eigenvalue weighted by molar-refractivity contribution is 8.13. The highest BCUT2D eigenvalue weighted by atomic mass is 35.7. The van der Waals surface area contributed by atoms with Crippen molar-refractivity contribution in [2.75, 3.05) is 0 Å². The maximum absolute atomic E-state index is 11.4. The van der Waals surface area contributed by atoms with E-state index in [9.17, 15) is 18.5 Å². The van der Waals surface area contributed by atoms with E-state index in [2.05, 4.69) is 5.10 Å². The first-order valence-electron chi connectivity index (χ1n) is 5.97. The molecule has 0 amide bonds. The van der Waals surface area contributed by atoms with Gasteiger partial charge in [-0.2, -0.15) is 4.68 Å². The van der Waals surface area contributed by atoms with Crippen LogP contribution >= 0.6 is 10.7 Å². The van der Waals surface area contributed by atoms with Gasteiger partial charge in [0.15, 0.2) is 0 Å². The van der Waals surface area contributed by atoms with Crippen molar-refractivity contribution in [2.45, 2.75) is 44.0 Å². The van der Waals surface area contributed by atoms with Gasteiger partial charge in [-0.05, 0) is 30.6 Å². The molecule has 0 bridgehead atoms. The predicted molar refractivity (Wildman–Crippen MR) is 68.6 cm³/mol. The molecule has 7 nitrogen and oxygen atoms in total. The van der Waals surface area contributed by atoms with E-state index in [1.807, 2.05) is 0 Å². The van der Waals surface area contributed by atoms with Crippen molar-refractivity contribution in [3.63, 3.8) is 0 Å². The summed E-state index contributed by atoms with van der Waals surface area (Å²) in [6.45, 7) is 1.99. The van der Waals surface area contributed by atoms with Gasteiger partial charge in [-0.1, -0.05) is 12.8 Å². The molecule has 9 heteroatoms. The first-order chi connectivity index (χ1) is 8.80. The van der Waals surface area contributed by atoms with Crippen LogP contribution < -0.4 is 0 Å². The highest BCUT2D eigenvalue weighted by Gasteiger charge is 2.34. The topological polar surface area (TPSA) is 95.1 Å². The minimum atomic E-state index is -4.17. The smallest absolute Gasteiger partial charge is 0.358 e. The molecule has 0 aromatic carbocycles. The first-order valence-corrected chi connectivity index (χ1v) is 8.28. The van der Waals surface area contributed by atoms with Crippen LogP contribution in [0.1, 0.15) is 31.4 Å². The molecule has 106 valence electrons. The molecule has 1 heterocycles. The molecule has 19 heavy (non-hydrogen) atoms. The second-order valence-corrected chi connectivity index (χ2v) is 7.27. The lowest BCUT2D eigenvalue weighted by Gasteiger charge is -2.07. The van der Waals surface area contributed by atoms with Crippen LogP contribution in [0, 0.1) is 23.0 Å². The minimum absolute atomic E-state index is 0.230. The highest BCUT2D eigenvalue weighted by Crippen LogP contribution is 2.32. The minimum Gasteiger partial charge on any atom is -0.358 e. The molecule has 1 saturated carbocycles. The van der Waals surface area contributed by atoms with Gasteiger partial charge in [0.2, 0.25) is 4.90 Å². The van der Waals surface area contributed by atoms with Crippen LogP contribution in [0.2, 0.25) is 0 Å². The van der Waals surface area contributed by atoms with Gasteiger partial charge in [-0.25, -0.2) is 8.42 Å². The average molecular weight is 308 g/mol. The fraction of sp³-hybridized carbons (Fsp3) is 0.700. The molecule has 0 N–H and O–H groups in total. The van der Waals surface area contributed by atoms with Gasteiger partial charge in [0.05, 0.1) is 17.3 Å². The third-order valence-corrected chi connectivity index (χ3v) is 4.89. The zero-order chi connectivity index (χ0) is 14.2. The van der Waals surface area contributed by atoms with Crippen LogP contribution in [0.5, 0.6) is 0 Å². The Morgan fingerprint density at radius 2 is 2.05 bits per heavy atom. The molecule has 1 aromatic rings. The van der Waals surface area contributed by atoms with Crippen molar-refractivity contribution in [2.24, 2.45) is 5.92 Å². The van der Waals surface area contributed by atoms with Gasteiger partial charge in [0.1, 0.15) is 0 Å². The molecule has 0 spiro atoms. The number of nitrogens with zero attached hydrogens (tertiary/aromatic N) is 3. The molecule has 0 atom stereocenters. The van der Waals surface area contributed by atoms with Crippen molar-refractivity contribution in [1.29, 1.82) is 0 Å². The number of hydrogen-bond donors (Lipinski definition) is 0. The number of aromatic nitrogens is 2. The largest absolute Gasteiger partial charge is 0.410 e. The molecule has 1 aliphatic rings. The monoisotopic (exact) mass is 307 g/mol. The van der Waals surface area contributed by atoms with E-state index in [0.717, 1.165) is 25.7 Å². The predicted octanol–water partition coefficient (Wildman–Crippen LogP) is 2.22. The van der Waals surface area contributed by atoms with E-state index >= 15 is 0 Å². The van der Waals surface area contributed by atoms with Crippen molar-refractivity contribution < 1.29 is 13.3 Å². The summed E-state index contributed by atoms with van der Waals surface area (Å²) >= 11 is 0. The summed E-state index contributed by atoms with van der Waals surface area (Å²) in [6, 6.07) is 0. The van der Waals surface area contributed by atoms with Gasteiger partial charge in [-0.15, -0.1) is 0 Å². The maximum Gasteiger partial charge on any atom is 0.410 e. The number of rotatable bonds is 4. The van der Waals surface area contributed by atoms with Gasteiger partial charge in [0.25, 0.3) is 9.05 Å². The Morgan fingerprint density at radius 3 is 2.47 bits per heavy atom. The van der Waals surface area contributed by atoms with E-state index in [4.69, 9.17) is 10.7 Å². The summed E-state index contributed by atoms with van der Waals surface area (Å²) in [7, 11) is 1.08. The lowest BCUT2D eigenvalue weighted by atomic mass is 10.1. The van der Waals surface area contributed by atoms with Crippen LogP contribution in [0.3, 0.4) is 0 Å². The maximum atomic E-state index is 11.4. The van der Waals surface area contributed by atoms with E-state index < -0.39 is 24.7 Å². The summed E-state index contributed by atoms with van der Waals surface area (Å²) < 4.78 is 24.3. The molecular weight excluding hydrogens is 294 g/mol. The molecule has 1 fully saturated rings. The lowest BCUT2D eigenvalue weighted by Crippen LogP contribution is -2.10. The number of nitro groups is 1. The summed E-state index contributed by atoms with van der Waals surface area (Å²) in [5.41, 5.74) is 0.230. The Kier molecular flexibility index (Phi) is 3.82. The second-order valence-electron chi connectivity index (χ2n) is 4.77. The Balaban J connectivity index is 2.43. The standard InChI is InChI=1S/C10H14ClN3O4S/c1-7-9(19(11,17)18)10(14(15)16)12-13(7)6-8-4-2-3-5-8/h8H,2-6H2,1H3. The molecular formula is C10H14ClN3O4S. The Labute approximate surface area is 115 Å². The van der Waals surface area contributed by atoms with E-state index in [1.165, 1.54) is 11.6 Å². The van der Waals surface area contributed by atoms with Crippen LogP contribution in [-0.2, 0) is 15.6 Å². The van der Waals surface area contributed by atoms with E-state index in [1.54, 1.807) is 0 Å². The summed E-state index contributed by atoms with van der Waals surface area (Å²) in [6.07, 6.45) is 4.34. The third-order valence-electron chi connectivity index (χ3n) is 3.46. The summed E-state index contributed by atoms with van der Waals surface area (Å²) in [5, 5.41) is 14.7. The Bertz CT molecular complexity index is 605. The SMILES string of the molecule is Cc1c(S(=O)(=O)Cl)c([N+](=O)[O-])nn1CC1CCCC1. The van der Waals surface area contributed by atoms with E-state index in [-0.39, 0.29) is 5.69 Å². The van der Waals surface area contributed by atoms with Gasteiger partial charge < -0.3 is 10.1 Å². The quantitative estimate of drug-likeness (QED) is 0.483. The Morgan fingerprint density at radius 1 is 1.47 bits per heavy atom. The van der Waals surface area contributed by atoms with Crippen LogP contribution in [0.15, 0.2) is 4.90 Å². The van der Waals surface area contributed by atoms with Crippen LogP contribution in [-0.4, -0.2) is 23.1 Å². The molecule has 1 aliphatic carbocycles. The zero-order valence-electron chi connectivity index (χ0n) is 10.4. The fourth-order valence-electron chi connectivity index (χ4n) is 2.53. The molecule has 0 unspecified atom stereocenters. The van der Waals surface area contributed by atoms with Gasteiger partial charge >= 0.3 is 5.82 Å². The van der Waals surface area contributed by atoms with Crippen LogP contribution in [0.25, 0.3) is 0 Å². The first kappa shape index (κ1) is 14.3. The van der Waals surface area contributed by atoms with Crippen LogP contribution in [0.4, 0.5) is 5.82 Å². The van der Waals surface area contributed by atoms with Crippen molar-refractivity contribution in [3.8, 4) is 0 Å². The molecule has 2 rings (SSSR count). The molecule has 1 aromatic heterocycles. The molecule has 0 radical (unpaired) electrons. The van der Waals surface area contributed by atoms with E-state index in [0.29, 0.717) is 12.5 Å². The lowest BCUT2D eigenvalue weighted by molar-refractivity contribution is -0.392. The summed E-state index contributed by atoms with van der Waals surface area (Å²) in [5.74, 6) is -0.297.